The summed E-state index contributed by atoms with van der Waals surface area (Å²) in [7, 11) is 0. The van der Waals surface area contributed by atoms with E-state index in [4.69, 9.17) is 10.6 Å². The van der Waals surface area contributed by atoms with Crippen molar-refractivity contribution in [3.8, 4) is 0 Å². The summed E-state index contributed by atoms with van der Waals surface area (Å²) in [4.78, 5) is 80.7. The van der Waals surface area contributed by atoms with Gasteiger partial charge in [0.2, 0.25) is 11.9 Å². The van der Waals surface area contributed by atoms with E-state index in [-0.39, 0.29) is 72.3 Å². The Balaban J connectivity index is 1.10. The summed E-state index contributed by atoms with van der Waals surface area (Å²) in [6, 6.07) is 10.4. The summed E-state index contributed by atoms with van der Waals surface area (Å²) < 4.78 is 12.9. The summed E-state index contributed by atoms with van der Waals surface area (Å²) in [5.74, 6) is -3.01. The number of aromatic nitrogens is 4. The summed E-state index contributed by atoms with van der Waals surface area (Å²) in [6.45, 7) is 2.18. The quantitative estimate of drug-likeness (QED) is 0.0417. The van der Waals surface area contributed by atoms with Gasteiger partial charge < -0.3 is 36.9 Å². The lowest BCUT2D eigenvalue weighted by Gasteiger charge is -2.17. The van der Waals surface area contributed by atoms with Crippen LogP contribution in [0.1, 0.15) is 60.6 Å². The van der Waals surface area contributed by atoms with E-state index in [1.807, 2.05) is 6.92 Å². The number of nitrogens with two attached hydrogens (primary N) is 1. The SMILES string of the molecule is C[C@H](CCCCNC(=O)CO/N=C\c1ccc(F)cc1)NC(=O)CC[C@H](NC(=O)c1ccc(NCc2cnc3nc(N)[nH]c(=O)c3n2)cc1)C(=O)O. The van der Waals surface area contributed by atoms with Gasteiger partial charge in [0.05, 0.1) is 24.7 Å². The van der Waals surface area contributed by atoms with E-state index >= 15 is 0 Å². The number of aliphatic carboxylic acids is 1. The summed E-state index contributed by atoms with van der Waals surface area (Å²) in [5.41, 5.74) is 7.13. The van der Waals surface area contributed by atoms with Crippen molar-refractivity contribution in [3.63, 3.8) is 0 Å². The van der Waals surface area contributed by atoms with Crippen LogP contribution in [0.2, 0.25) is 0 Å². The van der Waals surface area contributed by atoms with E-state index in [0.717, 1.165) is 0 Å². The van der Waals surface area contributed by atoms with Crippen LogP contribution in [0.15, 0.2) is 64.7 Å². The molecule has 4 aromatic rings. The molecule has 0 unspecified atom stereocenters. The molecular weight excluding hydrogens is 679 g/mol. The molecule has 18 heteroatoms. The Hall–Kier alpha value is -6.46. The second kappa shape index (κ2) is 19.1. The zero-order valence-corrected chi connectivity index (χ0v) is 28.2. The van der Waals surface area contributed by atoms with Crippen LogP contribution in [0.4, 0.5) is 16.0 Å². The van der Waals surface area contributed by atoms with Crippen LogP contribution in [0.25, 0.3) is 11.2 Å². The Bertz CT molecular complexity index is 1940. The first-order valence-corrected chi connectivity index (χ1v) is 16.3. The average molecular weight is 719 g/mol. The maximum Gasteiger partial charge on any atom is 0.326 e. The number of aromatic amines is 1. The van der Waals surface area contributed by atoms with Crippen molar-refractivity contribution in [2.75, 3.05) is 24.2 Å². The summed E-state index contributed by atoms with van der Waals surface area (Å²) in [5, 5.41) is 24.4. The van der Waals surface area contributed by atoms with Gasteiger partial charge >= 0.3 is 5.97 Å². The van der Waals surface area contributed by atoms with E-state index in [1.165, 1.54) is 48.8 Å². The molecule has 4 rings (SSSR count). The Morgan fingerprint density at radius 2 is 1.77 bits per heavy atom. The van der Waals surface area contributed by atoms with Crippen LogP contribution in [-0.4, -0.2) is 80.2 Å². The van der Waals surface area contributed by atoms with Gasteiger partial charge in [0.25, 0.3) is 17.4 Å². The Morgan fingerprint density at radius 1 is 1.02 bits per heavy atom. The molecule has 3 amide bonds. The van der Waals surface area contributed by atoms with E-state index in [0.29, 0.717) is 42.8 Å². The number of amides is 3. The number of carbonyl (C=O) groups excluding carboxylic acids is 3. The molecule has 0 saturated carbocycles. The van der Waals surface area contributed by atoms with Gasteiger partial charge in [-0.05, 0) is 74.6 Å². The fourth-order valence-electron chi connectivity index (χ4n) is 4.78. The number of hydrogen-bond donors (Lipinski definition) is 7. The Morgan fingerprint density at radius 3 is 2.50 bits per heavy atom. The highest BCUT2D eigenvalue weighted by atomic mass is 19.1. The first-order valence-electron chi connectivity index (χ1n) is 16.3. The minimum atomic E-state index is -1.29. The molecule has 0 spiro atoms. The molecule has 0 aliphatic rings. The number of fused-ring (bicyclic) bond motifs is 1. The number of rotatable bonds is 19. The molecule has 8 N–H and O–H groups in total. The zero-order chi connectivity index (χ0) is 37.5. The van der Waals surface area contributed by atoms with Crippen LogP contribution < -0.4 is 32.6 Å². The second-order valence-corrected chi connectivity index (χ2v) is 11.7. The molecule has 2 aromatic heterocycles. The zero-order valence-electron chi connectivity index (χ0n) is 28.2. The normalized spacial score (nSPS) is 12.2. The fourth-order valence-corrected chi connectivity index (χ4v) is 4.78. The maximum absolute atomic E-state index is 12.9. The van der Waals surface area contributed by atoms with Gasteiger partial charge in [-0.25, -0.2) is 19.2 Å². The molecule has 2 heterocycles. The van der Waals surface area contributed by atoms with Gasteiger partial charge in [-0.1, -0.05) is 17.3 Å². The predicted molar refractivity (Wildman–Crippen MR) is 189 cm³/mol. The van der Waals surface area contributed by atoms with Crippen molar-refractivity contribution in [3.05, 3.63) is 87.7 Å². The smallest absolute Gasteiger partial charge is 0.326 e. The molecular formula is C34H39FN10O7. The van der Waals surface area contributed by atoms with Crippen molar-refractivity contribution < 1.29 is 33.5 Å². The van der Waals surface area contributed by atoms with Gasteiger partial charge in [0, 0.05) is 30.3 Å². The highest BCUT2D eigenvalue weighted by Crippen LogP contribution is 2.13. The summed E-state index contributed by atoms with van der Waals surface area (Å²) >= 11 is 0. The minimum Gasteiger partial charge on any atom is -0.480 e. The number of carboxylic acid groups (broad SMARTS) is 1. The molecule has 0 fully saturated rings. The molecule has 0 aliphatic heterocycles. The molecule has 2 atom stereocenters. The van der Waals surface area contributed by atoms with Crippen LogP contribution in [0, 0.1) is 5.82 Å². The largest absolute Gasteiger partial charge is 0.480 e. The minimum absolute atomic E-state index is 0.0486. The van der Waals surface area contributed by atoms with Crippen molar-refractivity contribution in [1.82, 2.24) is 35.9 Å². The maximum atomic E-state index is 12.9. The lowest BCUT2D eigenvalue weighted by molar-refractivity contribution is -0.139. The molecule has 0 radical (unpaired) electrons. The number of carbonyl (C=O) groups is 4. The Labute approximate surface area is 296 Å². The number of oxime groups is 1. The number of anilines is 2. The number of hydrogen-bond acceptors (Lipinski definition) is 12. The van der Waals surface area contributed by atoms with Crippen molar-refractivity contribution in [2.45, 2.75) is 57.7 Å². The van der Waals surface area contributed by atoms with Gasteiger partial charge in [0.1, 0.15) is 11.9 Å². The summed E-state index contributed by atoms with van der Waals surface area (Å²) in [6.07, 6.45) is 4.60. The molecule has 0 bridgehead atoms. The molecule has 0 aliphatic carbocycles. The van der Waals surface area contributed by atoms with Crippen LogP contribution >= 0.6 is 0 Å². The highest BCUT2D eigenvalue weighted by Gasteiger charge is 2.22. The topological polar surface area (TPSA) is 256 Å². The number of nitrogens with one attached hydrogen (secondary N) is 5. The number of benzene rings is 2. The first-order chi connectivity index (χ1) is 25.0. The monoisotopic (exact) mass is 718 g/mol. The lowest BCUT2D eigenvalue weighted by Crippen LogP contribution is -2.42. The average Bonchev–Trinajstić information content (AvgIpc) is 3.11. The van der Waals surface area contributed by atoms with Crippen LogP contribution in [-0.2, 0) is 25.8 Å². The van der Waals surface area contributed by atoms with Gasteiger partial charge in [0.15, 0.2) is 17.8 Å². The van der Waals surface area contributed by atoms with Crippen molar-refractivity contribution >= 4 is 52.7 Å². The Kier molecular flexibility index (Phi) is 14.1. The molecule has 274 valence electrons. The third-order valence-electron chi connectivity index (χ3n) is 7.51. The highest BCUT2D eigenvalue weighted by molar-refractivity contribution is 5.97. The third kappa shape index (κ3) is 12.5. The third-order valence-corrected chi connectivity index (χ3v) is 7.51. The molecule has 17 nitrogen and oxygen atoms in total. The number of halogens is 1. The number of nitrogens with zero attached hydrogens (tertiary/aromatic N) is 4. The van der Waals surface area contributed by atoms with E-state index < -0.39 is 23.5 Å². The van der Waals surface area contributed by atoms with Gasteiger partial charge in [-0.2, -0.15) is 4.98 Å². The van der Waals surface area contributed by atoms with E-state index in [1.54, 1.807) is 12.1 Å². The van der Waals surface area contributed by atoms with Crippen LogP contribution in [0.5, 0.6) is 0 Å². The number of nitrogen functional groups attached to an aromatic ring is 1. The van der Waals surface area contributed by atoms with Crippen LogP contribution in [0.3, 0.4) is 0 Å². The van der Waals surface area contributed by atoms with Crippen molar-refractivity contribution in [1.29, 1.82) is 0 Å². The predicted octanol–water partition coefficient (Wildman–Crippen LogP) is 1.85. The first kappa shape index (κ1) is 38.3. The van der Waals surface area contributed by atoms with Crippen molar-refractivity contribution in [2.24, 2.45) is 5.16 Å². The number of H-pyrrole nitrogens is 1. The van der Waals surface area contributed by atoms with Gasteiger partial charge in [-0.15, -0.1) is 0 Å². The van der Waals surface area contributed by atoms with E-state index in [9.17, 15) is 33.5 Å². The fraction of sp³-hybridized carbons (Fsp3) is 0.324. The molecule has 52 heavy (non-hydrogen) atoms. The lowest BCUT2D eigenvalue weighted by atomic mass is 10.1. The standard InChI is InChI=1S/C34H39FN10O7/c1-20(4-2-3-15-37-28(47)19-52-40-16-21-5-9-23(35)10-6-21)41-27(46)14-13-26(33(50)51)43-31(48)22-7-11-24(12-8-22)38-17-25-18-39-30-29(42-25)32(49)45-34(36)44-30/h5-12,16,18,20,26,38H,2-4,13-15,17,19H2,1H3,(H,37,47)(H,41,46)(H,43,48)(H,50,51)(H3,36,39,44,45,49)/b40-16-/t20-,26+/m1/s1. The molecule has 0 saturated heterocycles. The second-order valence-electron chi connectivity index (χ2n) is 11.7. The van der Waals surface area contributed by atoms with Gasteiger partial charge in [-0.3, -0.25) is 24.2 Å². The number of unbranched alkanes of at least 4 members (excludes halogenated alkanes) is 1. The van der Waals surface area contributed by atoms with E-state index in [2.05, 4.69) is 46.4 Å². The molecule has 2 aromatic carbocycles. The number of carboxylic acids is 1.